The van der Waals surface area contributed by atoms with Gasteiger partial charge in [-0.15, -0.1) is 0 Å². The van der Waals surface area contributed by atoms with Gasteiger partial charge in [0.05, 0.1) is 0 Å². The molecule has 0 amide bonds. The minimum Gasteiger partial charge on any atom is -0.462 e. The van der Waals surface area contributed by atoms with Crippen molar-refractivity contribution in [3.05, 3.63) is 97.2 Å². The zero-order valence-corrected chi connectivity index (χ0v) is 43.6. The molecule has 0 N–H and O–H groups in total. The Balaban J connectivity index is 4.49. The van der Waals surface area contributed by atoms with Crippen LogP contribution < -0.4 is 0 Å². The highest BCUT2D eigenvalue weighted by Gasteiger charge is 2.19. The molecule has 0 unspecified atom stereocenters. The van der Waals surface area contributed by atoms with E-state index >= 15 is 0 Å². The molecule has 0 aliphatic rings. The van der Waals surface area contributed by atoms with Crippen molar-refractivity contribution in [1.29, 1.82) is 0 Å². The average Bonchev–Trinajstić information content (AvgIpc) is 3.33. The first-order chi connectivity index (χ1) is 33.0. The van der Waals surface area contributed by atoms with Gasteiger partial charge in [0.2, 0.25) is 0 Å². The van der Waals surface area contributed by atoms with Crippen molar-refractivity contribution < 1.29 is 28.6 Å². The lowest BCUT2D eigenvalue weighted by atomic mass is 10.1. The van der Waals surface area contributed by atoms with Crippen LogP contribution in [0, 0.1) is 0 Å². The number of esters is 3. The standard InChI is InChI=1S/C61H102O6/c1-4-7-10-13-16-19-22-24-26-28-30-32-34-36-39-42-45-48-51-54-60(63)66-57-58(56-65-59(62)53-50-47-44-41-38-21-18-15-12-9-6-3)67-61(64)55-52-49-46-43-40-37-35-33-31-29-27-25-23-20-17-14-11-8-5-2/h16-17,19-20,24-27,30-33,36-37,39-40,58H,4-15,18,21-23,28-29,34-35,38,41-57H2,1-3H3/b19-16-,20-17-,26-24-,27-25-,32-30-,33-31-,39-36-,40-37-/t58-/m1/s1. The van der Waals surface area contributed by atoms with E-state index in [1.165, 1.54) is 103 Å². The molecule has 0 radical (unpaired) electrons. The molecule has 6 nitrogen and oxygen atoms in total. The molecule has 0 bridgehead atoms. The molecule has 6 heteroatoms. The third kappa shape index (κ3) is 53.2. The normalized spacial score (nSPS) is 12.8. The van der Waals surface area contributed by atoms with Crippen LogP contribution in [0.1, 0.15) is 252 Å². The lowest BCUT2D eigenvalue weighted by molar-refractivity contribution is -0.167. The van der Waals surface area contributed by atoms with E-state index in [2.05, 4.69) is 118 Å². The van der Waals surface area contributed by atoms with Crippen molar-refractivity contribution in [1.82, 2.24) is 0 Å². The molecule has 0 spiro atoms. The Kier molecular flexibility index (Phi) is 51.9. The molecule has 0 rings (SSSR count). The van der Waals surface area contributed by atoms with Crippen LogP contribution in [0.3, 0.4) is 0 Å². The topological polar surface area (TPSA) is 78.9 Å². The van der Waals surface area contributed by atoms with Gasteiger partial charge < -0.3 is 14.2 Å². The fourth-order valence-electron chi connectivity index (χ4n) is 7.35. The van der Waals surface area contributed by atoms with Crippen LogP contribution in [-0.4, -0.2) is 37.2 Å². The molecule has 0 fully saturated rings. The zero-order chi connectivity index (χ0) is 48.6. The van der Waals surface area contributed by atoms with Gasteiger partial charge in [-0.25, -0.2) is 0 Å². The van der Waals surface area contributed by atoms with Crippen LogP contribution in [-0.2, 0) is 28.6 Å². The summed E-state index contributed by atoms with van der Waals surface area (Å²) in [5, 5.41) is 0. The first-order valence-electron chi connectivity index (χ1n) is 27.7. The van der Waals surface area contributed by atoms with Crippen molar-refractivity contribution in [3.63, 3.8) is 0 Å². The van der Waals surface area contributed by atoms with Gasteiger partial charge in [0.15, 0.2) is 6.10 Å². The third-order valence-corrected chi connectivity index (χ3v) is 11.6. The minimum absolute atomic E-state index is 0.100. The number of hydrogen-bond donors (Lipinski definition) is 0. The van der Waals surface area contributed by atoms with E-state index in [-0.39, 0.29) is 37.5 Å². The van der Waals surface area contributed by atoms with Crippen LogP contribution in [0.5, 0.6) is 0 Å². The molecule has 0 heterocycles. The highest BCUT2D eigenvalue weighted by atomic mass is 16.6. The van der Waals surface area contributed by atoms with Crippen LogP contribution in [0.25, 0.3) is 0 Å². The first-order valence-corrected chi connectivity index (χ1v) is 27.7. The number of unbranched alkanes of at least 4 members (excludes halogenated alkanes) is 22. The molecular weight excluding hydrogens is 829 g/mol. The highest BCUT2D eigenvalue weighted by molar-refractivity contribution is 5.71. The van der Waals surface area contributed by atoms with Gasteiger partial charge in [-0.2, -0.15) is 0 Å². The quantitative estimate of drug-likeness (QED) is 0.0262. The monoisotopic (exact) mass is 931 g/mol. The number of carbonyl (C=O) groups is 3. The Hall–Kier alpha value is -3.67. The fourth-order valence-corrected chi connectivity index (χ4v) is 7.35. The smallest absolute Gasteiger partial charge is 0.306 e. The lowest BCUT2D eigenvalue weighted by Gasteiger charge is -2.18. The summed E-state index contributed by atoms with van der Waals surface area (Å²) >= 11 is 0. The summed E-state index contributed by atoms with van der Waals surface area (Å²) in [7, 11) is 0. The second-order valence-corrected chi connectivity index (χ2v) is 18.1. The molecule has 0 aliphatic carbocycles. The Bertz CT molecular complexity index is 1350. The first kappa shape index (κ1) is 63.3. The van der Waals surface area contributed by atoms with E-state index in [4.69, 9.17) is 14.2 Å². The van der Waals surface area contributed by atoms with Crippen LogP contribution in [0.15, 0.2) is 97.2 Å². The van der Waals surface area contributed by atoms with Crippen LogP contribution >= 0.6 is 0 Å². The van der Waals surface area contributed by atoms with Gasteiger partial charge in [0.25, 0.3) is 0 Å². The van der Waals surface area contributed by atoms with Gasteiger partial charge in [-0.05, 0) is 109 Å². The predicted molar refractivity (Wildman–Crippen MR) is 288 cm³/mol. The van der Waals surface area contributed by atoms with Crippen molar-refractivity contribution in [2.45, 2.75) is 258 Å². The second-order valence-electron chi connectivity index (χ2n) is 18.1. The van der Waals surface area contributed by atoms with Crippen molar-refractivity contribution in [2.75, 3.05) is 13.2 Å². The van der Waals surface area contributed by atoms with Crippen molar-refractivity contribution in [3.8, 4) is 0 Å². The zero-order valence-electron chi connectivity index (χ0n) is 43.6. The molecule has 0 aromatic heterocycles. The number of hydrogen-bond acceptors (Lipinski definition) is 6. The molecule has 382 valence electrons. The Morgan fingerprint density at radius 2 is 0.537 bits per heavy atom. The van der Waals surface area contributed by atoms with Gasteiger partial charge in [0, 0.05) is 19.3 Å². The maximum absolute atomic E-state index is 12.8. The number of carbonyl (C=O) groups excluding carboxylic acids is 3. The van der Waals surface area contributed by atoms with E-state index in [1.54, 1.807) is 0 Å². The highest BCUT2D eigenvalue weighted by Crippen LogP contribution is 2.14. The fraction of sp³-hybridized carbons (Fsp3) is 0.689. The van der Waals surface area contributed by atoms with Gasteiger partial charge in [-0.3, -0.25) is 14.4 Å². The lowest BCUT2D eigenvalue weighted by Crippen LogP contribution is -2.30. The average molecular weight is 931 g/mol. The van der Waals surface area contributed by atoms with Crippen molar-refractivity contribution >= 4 is 17.9 Å². The van der Waals surface area contributed by atoms with Crippen molar-refractivity contribution in [2.24, 2.45) is 0 Å². The summed E-state index contributed by atoms with van der Waals surface area (Å²) in [6.07, 6.45) is 72.5. The Morgan fingerprint density at radius 3 is 0.866 bits per heavy atom. The maximum atomic E-state index is 12.8. The molecular formula is C61H102O6. The van der Waals surface area contributed by atoms with E-state index in [1.807, 2.05) is 0 Å². The summed E-state index contributed by atoms with van der Waals surface area (Å²) in [6.45, 7) is 6.52. The number of allylic oxidation sites excluding steroid dienone is 16. The van der Waals surface area contributed by atoms with E-state index in [0.717, 1.165) is 109 Å². The largest absolute Gasteiger partial charge is 0.462 e. The molecule has 0 aliphatic heterocycles. The van der Waals surface area contributed by atoms with Crippen LogP contribution in [0.2, 0.25) is 0 Å². The van der Waals surface area contributed by atoms with E-state index in [9.17, 15) is 14.4 Å². The maximum Gasteiger partial charge on any atom is 0.306 e. The minimum atomic E-state index is -0.807. The third-order valence-electron chi connectivity index (χ3n) is 11.6. The Labute approximate surface area is 413 Å². The van der Waals surface area contributed by atoms with E-state index < -0.39 is 6.10 Å². The molecule has 0 saturated heterocycles. The van der Waals surface area contributed by atoms with Gasteiger partial charge in [0.1, 0.15) is 13.2 Å². The molecule has 1 atom stereocenters. The van der Waals surface area contributed by atoms with E-state index in [0.29, 0.717) is 12.8 Å². The Morgan fingerprint density at radius 1 is 0.299 bits per heavy atom. The SMILES string of the molecule is CCCCC/C=C\C/C=C\C/C=C\C/C=C\CCCCCC(=O)OC[C@@H](COC(=O)CCCCCCCCCCCCC)OC(=O)CCCCC/C=C\C/C=C\C/C=C\C/C=C\CCCCC. The summed E-state index contributed by atoms with van der Waals surface area (Å²) in [5.41, 5.74) is 0. The second kappa shape index (κ2) is 54.9. The van der Waals surface area contributed by atoms with Crippen LogP contribution in [0.4, 0.5) is 0 Å². The predicted octanol–water partition coefficient (Wildman–Crippen LogP) is 18.5. The van der Waals surface area contributed by atoms with Gasteiger partial charge >= 0.3 is 17.9 Å². The summed E-state index contributed by atoms with van der Waals surface area (Å²) in [6, 6.07) is 0. The molecule has 0 saturated carbocycles. The number of rotatable bonds is 49. The molecule has 0 aromatic rings. The molecule has 67 heavy (non-hydrogen) atoms. The molecule has 0 aromatic carbocycles. The number of ether oxygens (including phenoxy) is 3. The van der Waals surface area contributed by atoms with Gasteiger partial charge in [-0.1, -0.05) is 221 Å². The summed E-state index contributed by atoms with van der Waals surface area (Å²) < 4.78 is 16.8. The summed E-state index contributed by atoms with van der Waals surface area (Å²) in [5.74, 6) is -0.964. The summed E-state index contributed by atoms with van der Waals surface area (Å²) in [4.78, 5) is 38.0.